The number of nitrogens with one attached hydrogen (secondary N) is 1. The Morgan fingerprint density at radius 2 is 1.90 bits per heavy atom. The second-order valence-corrected chi connectivity index (χ2v) is 7.50. The predicted molar refractivity (Wildman–Crippen MR) is 120 cm³/mol. The fourth-order valence-electron chi connectivity index (χ4n) is 3.83. The van der Waals surface area contributed by atoms with Crippen LogP contribution in [0.5, 0.6) is 5.75 Å². The first-order chi connectivity index (χ1) is 15.0. The number of phenols is 1. The van der Waals surface area contributed by atoms with E-state index in [-0.39, 0.29) is 16.7 Å². The van der Waals surface area contributed by atoms with Gasteiger partial charge < -0.3 is 19.9 Å². The van der Waals surface area contributed by atoms with E-state index >= 15 is 0 Å². The number of aryl methyl sites for hydroxylation is 1. The van der Waals surface area contributed by atoms with Crippen LogP contribution < -0.4 is 15.6 Å². The van der Waals surface area contributed by atoms with Gasteiger partial charge in [0.25, 0.3) is 0 Å². The van der Waals surface area contributed by atoms with E-state index in [0.717, 1.165) is 18.7 Å². The fraction of sp³-hybridized carbons (Fsp3) is 0.250. The molecule has 3 aromatic rings. The quantitative estimate of drug-likeness (QED) is 0.489. The predicted octanol–water partition coefficient (Wildman–Crippen LogP) is 3.17. The normalized spacial score (nSPS) is 14.5. The molecule has 1 aliphatic rings. The lowest BCUT2D eigenvalue weighted by molar-refractivity contribution is 0.104. The van der Waals surface area contributed by atoms with E-state index in [0.29, 0.717) is 30.8 Å². The third kappa shape index (κ3) is 4.22. The van der Waals surface area contributed by atoms with Crippen molar-refractivity contribution in [1.82, 2.24) is 9.88 Å². The third-order valence-corrected chi connectivity index (χ3v) is 5.53. The number of hydrogen-bond acceptors (Lipinski definition) is 5. The van der Waals surface area contributed by atoms with Crippen LogP contribution in [0.4, 0.5) is 10.1 Å². The molecule has 0 saturated carbocycles. The van der Waals surface area contributed by atoms with Crippen LogP contribution >= 0.6 is 0 Å². The number of benzene rings is 2. The number of allylic oxidation sites excluding steroid dienone is 1. The molecule has 0 spiro atoms. The van der Waals surface area contributed by atoms with Gasteiger partial charge in [-0.05, 0) is 42.8 Å². The summed E-state index contributed by atoms with van der Waals surface area (Å²) in [6.07, 6.45) is 4.45. The zero-order valence-corrected chi connectivity index (χ0v) is 17.3. The molecule has 0 unspecified atom stereocenters. The van der Waals surface area contributed by atoms with Crippen molar-refractivity contribution in [1.29, 1.82) is 0 Å². The minimum Gasteiger partial charge on any atom is -0.508 e. The van der Waals surface area contributed by atoms with Gasteiger partial charge in [0.1, 0.15) is 11.6 Å². The molecule has 0 atom stereocenters. The minimum atomic E-state index is -0.481. The highest BCUT2D eigenvalue weighted by molar-refractivity contribution is 6.08. The number of anilines is 1. The van der Waals surface area contributed by atoms with Crippen molar-refractivity contribution in [3.8, 4) is 5.75 Å². The zero-order chi connectivity index (χ0) is 22.0. The Labute approximate surface area is 179 Å². The highest BCUT2D eigenvalue weighted by atomic mass is 19.1. The molecule has 2 aromatic carbocycles. The lowest BCUT2D eigenvalue weighted by Crippen LogP contribution is -2.43. The number of pyridine rings is 1. The first kappa shape index (κ1) is 20.8. The average Bonchev–Trinajstić information content (AvgIpc) is 2.79. The summed E-state index contributed by atoms with van der Waals surface area (Å²) in [6, 6.07) is 9.32. The number of aromatic hydroxyl groups is 1. The van der Waals surface area contributed by atoms with Gasteiger partial charge in [-0.1, -0.05) is 18.2 Å². The van der Waals surface area contributed by atoms with Crippen molar-refractivity contribution in [2.75, 3.05) is 31.1 Å². The molecule has 0 bridgehead atoms. The van der Waals surface area contributed by atoms with E-state index in [9.17, 15) is 19.1 Å². The summed E-state index contributed by atoms with van der Waals surface area (Å²) in [5.74, 6) is -0.779. The van der Waals surface area contributed by atoms with Crippen LogP contribution in [0.1, 0.15) is 22.8 Å². The van der Waals surface area contributed by atoms with Gasteiger partial charge in [-0.15, -0.1) is 0 Å². The van der Waals surface area contributed by atoms with Crippen LogP contribution in [0.15, 0.2) is 53.5 Å². The number of ketones is 1. The van der Waals surface area contributed by atoms with Crippen LogP contribution in [-0.2, 0) is 6.54 Å². The average molecular weight is 421 g/mol. The van der Waals surface area contributed by atoms with Gasteiger partial charge in [0.05, 0.1) is 16.8 Å². The van der Waals surface area contributed by atoms with E-state index in [2.05, 4.69) is 5.32 Å². The Kier molecular flexibility index (Phi) is 5.86. The highest BCUT2D eigenvalue weighted by Gasteiger charge is 2.19. The lowest BCUT2D eigenvalue weighted by atomic mass is 10.1. The third-order valence-electron chi connectivity index (χ3n) is 5.53. The fourth-order valence-corrected chi connectivity index (χ4v) is 3.83. The molecule has 1 fully saturated rings. The number of fused-ring (bicyclic) bond motifs is 1. The SMILES string of the molecule is CCn1cc(C(=O)/C=C/c2ccc(O)cc2)c(=O)c2cc(F)c(N3CCNCC3)cc21. The summed E-state index contributed by atoms with van der Waals surface area (Å²) in [5.41, 5.74) is 1.32. The number of halogens is 1. The molecule has 7 heteroatoms. The van der Waals surface area contributed by atoms with Crippen molar-refractivity contribution in [2.45, 2.75) is 13.5 Å². The Morgan fingerprint density at radius 1 is 1.19 bits per heavy atom. The van der Waals surface area contributed by atoms with Crippen LogP contribution in [-0.4, -0.2) is 41.6 Å². The molecule has 1 aromatic heterocycles. The first-order valence-corrected chi connectivity index (χ1v) is 10.3. The molecule has 0 aliphatic carbocycles. The monoisotopic (exact) mass is 421 g/mol. The van der Waals surface area contributed by atoms with Crippen molar-refractivity contribution in [2.24, 2.45) is 0 Å². The van der Waals surface area contributed by atoms with E-state index in [4.69, 9.17) is 0 Å². The second kappa shape index (κ2) is 8.73. The van der Waals surface area contributed by atoms with Gasteiger partial charge in [-0.25, -0.2) is 4.39 Å². The van der Waals surface area contributed by atoms with E-state index in [1.165, 1.54) is 24.3 Å². The number of carbonyl (C=O) groups is 1. The summed E-state index contributed by atoms with van der Waals surface area (Å²) in [5, 5.41) is 12.8. The molecule has 0 radical (unpaired) electrons. The molecule has 2 N–H and O–H groups in total. The molecular formula is C24H24FN3O3. The standard InChI is InChI=1S/C24H24FN3O3/c1-2-27-15-19(23(30)8-5-16-3-6-17(29)7-4-16)24(31)18-13-20(25)22(14-21(18)27)28-11-9-26-10-12-28/h3-8,13-15,26,29H,2,9-12H2,1H3/b8-5+. The van der Waals surface area contributed by atoms with Crippen LogP contribution in [0.3, 0.4) is 0 Å². The number of piperazine rings is 1. The Balaban J connectivity index is 1.75. The summed E-state index contributed by atoms with van der Waals surface area (Å²) in [7, 11) is 0. The largest absolute Gasteiger partial charge is 0.508 e. The molecule has 0 amide bonds. The molecule has 1 saturated heterocycles. The number of rotatable bonds is 5. The Bertz CT molecular complexity index is 1210. The van der Waals surface area contributed by atoms with Gasteiger partial charge in [-0.2, -0.15) is 0 Å². The maximum atomic E-state index is 14.9. The van der Waals surface area contributed by atoms with Gasteiger partial charge in [0.2, 0.25) is 5.43 Å². The summed E-state index contributed by atoms with van der Waals surface area (Å²) >= 11 is 0. The molecule has 4 rings (SSSR count). The van der Waals surface area contributed by atoms with Gasteiger partial charge in [0, 0.05) is 44.3 Å². The lowest BCUT2D eigenvalue weighted by Gasteiger charge is -2.30. The zero-order valence-electron chi connectivity index (χ0n) is 17.3. The summed E-state index contributed by atoms with van der Waals surface area (Å²) < 4.78 is 16.7. The molecule has 160 valence electrons. The minimum absolute atomic E-state index is 0.00120. The molecule has 31 heavy (non-hydrogen) atoms. The maximum absolute atomic E-state index is 14.9. The Morgan fingerprint density at radius 3 is 2.58 bits per heavy atom. The first-order valence-electron chi connectivity index (χ1n) is 10.3. The van der Waals surface area contributed by atoms with Crippen LogP contribution in [0, 0.1) is 5.82 Å². The van der Waals surface area contributed by atoms with Crippen molar-refractivity contribution < 1.29 is 14.3 Å². The van der Waals surface area contributed by atoms with Gasteiger partial charge in [-0.3, -0.25) is 9.59 Å². The van der Waals surface area contributed by atoms with Crippen molar-refractivity contribution in [3.05, 3.63) is 75.8 Å². The van der Waals surface area contributed by atoms with E-state index in [1.807, 2.05) is 16.4 Å². The van der Waals surface area contributed by atoms with E-state index < -0.39 is 17.0 Å². The Hall–Kier alpha value is -3.45. The molecule has 6 nitrogen and oxygen atoms in total. The molecular weight excluding hydrogens is 397 g/mol. The number of aromatic nitrogens is 1. The molecule has 2 heterocycles. The van der Waals surface area contributed by atoms with Crippen LogP contribution in [0.25, 0.3) is 17.0 Å². The summed E-state index contributed by atoms with van der Waals surface area (Å²) in [4.78, 5) is 27.8. The molecule has 1 aliphatic heterocycles. The number of phenolic OH excluding ortho intramolecular Hbond substituents is 1. The number of carbonyl (C=O) groups excluding carboxylic acids is 1. The second-order valence-electron chi connectivity index (χ2n) is 7.50. The van der Waals surface area contributed by atoms with Crippen molar-refractivity contribution in [3.63, 3.8) is 0 Å². The van der Waals surface area contributed by atoms with Gasteiger partial charge in [0.15, 0.2) is 5.78 Å². The summed E-state index contributed by atoms with van der Waals surface area (Å²) in [6.45, 7) is 5.39. The highest BCUT2D eigenvalue weighted by Crippen LogP contribution is 2.26. The van der Waals surface area contributed by atoms with Crippen molar-refractivity contribution >= 4 is 28.4 Å². The topological polar surface area (TPSA) is 74.6 Å². The number of hydrogen-bond donors (Lipinski definition) is 2. The smallest absolute Gasteiger partial charge is 0.200 e. The van der Waals surface area contributed by atoms with Gasteiger partial charge >= 0.3 is 0 Å². The van der Waals surface area contributed by atoms with E-state index in [1.54, 1.807) is 30.5 Å². The van der Waals surface area contributed by atoms with Crippen LogP contribution in [0.2, 0.25) is 0 Å². The number of nitrogens with zero attached hydrogens (tertiary/aromatic N) is 2. The maximum Gasteiger partial charge on any atom is 0.200 e.